The maximum atomic E-state index is 12.4. The maximum Gasteiger partial charge on any atom is 0.246 e. The van der Waals surface area contributed by atoms with E-state index >= 15 is 0 Å². The summed E-state index contributed by atoms with van der Waals surface area (Å²) in [5.41, 5.74) is 1.08. The number of fused-ring (bicyclic) bond motifs is 1. The molecule has 1 aliphatic rings. The second kappa shape index (κ2) is 7.55. The Labute approximate surface area is 160 Å². The van der Waals surface area contributed by atoms with E-state index in [1.54, 1.807) is 35.1 Å². The highest BCUT2D eigenvalue weighted by Gasteiger charge is 2.22. The number of aryl methyl sites for hydroxylation is 1. The van der Waals surface area contributed by atoms with Crippen LogP contribution in [0, 0.1) is 0 Å². The van der Waals surface area contributed by atoms with Gasteiger partial charge in [-0.25, -0.2) is 9.97 Å². The van der Waals surface area contributed by atoms with Crippen LogP contribution in [0.25, 0.3) is 16.3 Å². The molecule has 26 heavy (non-hydrogen) atoms. The summed E-state index contributed by atoms with van der Waals surface area (Å²) in [4.78, 5) is 27.9. The molecule has 0 radical (unpaired) electrons. The Bertz CT molecular complexity index is 924. The fraction of sp³-hybridized carbons (Fsp3) is 0.316. The predicted molar refractivity (Wildman–Crippen MR) is 109 cm³/mol. The second-order valence-corrected chi connectivity index (χ2v) is 8.08. The highest BCUT2D eigenvalue weighted by Crippen LogP contribution is 2.30. The number of rotatable bonds is 4. The van der Waals surface area contributed by atoms with E-state index in [1.807, 2.05) is 27.8 Å². The van der Waals surface area contributed by atoms with Gasteiger partial charge in [0.2, 0.25) is 5.91 Å². The predicted octanol–water partition coefficient (Wildman–Crippen LogP) is 3.68. The van der Waals surface area contributed by atoms with Gasteiger partial charge in [-0.2, -0.15) is 11.3 Å². The summed E-state index contributed by atoms with van der Waals surface area (Å²) in [6, 6.07) is 4.22. The Morgan fingerprint density at radius 1 is 1.27 bits per heavy atom. The van der Waals surface area contributed by atoms with Crippen LogP contribution in [0.1, 0.15) is 17.4 Å². The minimum absolute atomic E-state index is 0.0764. The van der Waals surface area contributed by atoms with Gasteiger partial charge in [0, 0.05) is 37.1 Å². The first kappa shape index (κ1) is 17.2. The monoisotopic (exact) mass is 384 g/mol. The van der Waals surface area contributed by atoms with Crippen molar-refractivity contribution in [2.45, 2.75) is 13.3 Å². The number of carbonyl (C=O) groups excluding carboxylic acids is 1. The molecule has 1 fully saturated rings. The van der Waals surface area contributed by atoms with Crippen molar-refractivity contribution in [2.24, 2.45) is 0 Å². The molecular weight excluding hydrogens is 364 g/mol. The van der Waals surface area contributed by atoms with Gasteiger partial charge in [0.05, 0.1) is 5.39 Å². The summed E-state index contributed by atoms with van der Waals surface area (Å²) in [5, 5.41) is 5.18. The summed E-state index contributed by atoms with van der Waals surface area (Å²) in [6.07, 6.45) is 6.22. The second-order valence-electron chi connectivity index (χ2n) is 6.18. The molecule has 0 aliphatic carbocycles. The maximum absolute atomic E-state index is 12.4. The molecule has 0 spiro atoms. The molecule has 0 atom stereocenters. The summed E-state index contributed by atoms with van der Waals surface area (Å²) in [7, 11) is 0. The molecule has 3 aromatic heterocycles. The first-order chi connectivity index (χ1) is 12.7. The largest absolute Gasteiger partial charge is 0.352 e. The van der Waals surface area contributed by atoms with Gasteiger partial charge in [0.15, 0.2) is 0 Å². The minimum Gasteiger partial charge on any atom is -0.352 e. The van der Waals surface area contributed by atoms with Gasteiger partial charge in [-0.1, -0.05) is 6.92 Å². The fourth-order valence-corrected chi connectivity index (χ4v) is 4.66. The number of piperazine rings is 1. The van der Waals surface area contributed by atoms with Crippen LogP contribution in [-0.2, 0) is 11.2 Å². The topological polar surface area (TPSA) is 49.3 Å². The SMILES string of the molecule is CCc1cc2c(N3CCN(C(=O)/C=C/c4ccsc4)CC3)ncnc2s1. The van der Waals surface area contributed by atoms with Crippen molar-refractivity contribution in [3.63, 3.8) is 0 Å². The van der Waals surface area contributed by atoms with E-state index in [0.29, 0.717) is 13.1 Å². The summed E-state index contributed by atoms with van der Waals surface area (Å²) in [5.74, 6) is 1.07. The molecule has 7 heteroatoms. The molecule has 0 aromatic carbocycles. The van der Waals surface area contributed by atoms with Crippen LogP contribution in [0.2, 0.25) is 0 Å². The number of carbonyl (C=O) groups is 1. The summed E-state index contributed by atoms with van der Waals surface area (Å²) < 4.78 is 0. The first-order valence-electron chi connectivity index (χ1n) is 8.72. The highest BCUT2D eigenvalue weighted by molar-refractivity contribution is 7.18. The molecule has 0 N–H and O–H groups in total. The van der Waals surface area contributed by atoms with E-state index in [4.69, 9.17) is 0 Å². The zero-order chi connectivity index (χ0) is 17.9. The smallest absolute Gasteiger partial charge is 0.246 e. The summed E-state index contributed by atoms with van der Waals surface area (Å²) in [6.45, 7) is 5.17. The quantitative estimate of drug-likeness (QED) is 0.644. The average molecular weight is 385 g/mol. The molecule has 0 unspecified atom stereocenters. The van der Waals surface area contributed by atoms with Crippen molar-refractivity contribution in [1.29, 1.82) is 0 Å². The van der Waals surface area contributed by atoms with E-state index < -0.39 is 0 Å². The average Bonchev–Trinajstić information content (AvgIpc) is 3.35. The van der Waals surface area contributed by atoms with Crippen LogP contribution in [0.3, 0.4) is 0 Å². The van der Waals surface area contributed by atoms with E-state index in [0.717, 1.165) is 41.1 Å². The van der Waals surface area contributed by atoms with Gasteiger partial charge in [-0.3, -0.25) is 4.79 Å². The van der Waals surface area contributed by atoms with Crippen LogP contribution in [-0.4, -0.2) is 47.0 Å². The highest BCUT2D eigenvalue weighted by atomic mass is 32.1. The third-order valence-electron chi connectivity index (χ3n) is 4.56. The molecule has 1 amide bonds. The Hall–Kier alpha value is -2.25. The standard InChI is InChI=1S/C19H20N4OS2/c1-2-15-11-16-18(20-13-21-19(16)26-15)23-8-6-22(7-9-23)17(24)4-3-14-5-10-25-12-14/h3-5,10-13H,2,6-9H2,1H3/b4-3+. The number of hydrogen-bond donors (Lipinski definition) is 0. The molecule has 3 aromatic rings. The Morgan fingerprint density at radius 3 is 2.85 bits per heavy atom. The number of thiophene rings is 2. The van der Waals surface area contributed by atoms with Gasteiger partial charge in [-0.05, 0) is 41.0 Å². The van der Waals surface area contributed by atoms with E-state index in [9.17, 15) is 4.79 Å². The first-order valence-corrected chi connectivity index (χ1v) is 10.5. The van der Waals surface area contributed by atoms with Gasteiger partial charge < -0.3 is 9.80 Å². The number of amides is 1. The zero-order valence-corrected chi connectivity index (χ0v) is 16.2. The van der Waals surface area contributed by atoms with Crippen molar-refractivity contribution < 1.29 is 4.79 Å². The lowest BCUT2D eigenvalue weighted by Crippen LogP contribution is -2.48. The Morgan fingerprint density at radius 2 is 2.12 bits per heavy atom. The van der Waals surface area contributed by atoms with E-state index in [2.05, 4.69) is 27.9 Å². The van der Waals surface area contributed by atoms with Crippen LogP contribution in [0.4, 0.5) is 5.82 Å². The molecule has 5 nitrogen and oxygen atoms in total. The molecule has 1 aliphatic heterocycles. The molecule has 1 saturated heterocycles. The molecule has 134 valence electrons. The van der Waals surface area contributed by atoms with Crippen molar-refractivity contribution in [2.75, 3.05) is 31.1 Å². The summed E-state index contributed by atoms with van der Waals surface area (Å²) >= 11 is 3.37. The molecule has 4 heterocycles. The van der Waals surface area contributed by atoms with Gasteiger partial charge >= 0.3 is 0 Å². The lowest BCUT2D eigenvalue weighted by Gasteiger charge is -2.35. The van der Waals surface area contributed by atoms with Crippen molar-refractivity contribution >= 4 is 50.7 Å². The third-order valence-corrected chi connectivity index (χ3v) is 6.45. The molecular formula is C19H20N4OS2. The van der Waals surface area contributed by atoms with Crippen LogP contribution >= 0.6 is 22.7 Å². The zero-order valence-electron chi connectivity index (χ0n) is 14.6. The third kappa shape index (κ3) is 3.50. The Kier molecular flexibility index (Phi) is 4.99. The normalized spacial score (nSPS) is 15.3. The van der Waals surface area contributed by atoms with Crippen LogP contribution in [0.5, 0.6) is 0 Å². The van der Waals surface area contributed by atoms with Crippen molar-refractivity contribution in [3.8, 4) is 0 Å². The van der Waals surface area contributed by atoms with Crippen LogP contribution in [0.15, 0.2) is 35.3 Å². The van der Waals surface area contributed by atoms with Gasteiger partial charge in [0.25, 0.3) is 0 Å². The van der Waals surface area contributed by atoms with Gasteiger partial charge in [0.1, 0.15) is 17.0 Å². The number of anilines is 1. The fourth-order valence-electron chi connectivity index (χ4n) is 3.10. The number of hydrogen-bond acceptors (Lipinski definition) is 6. The lowest BCUT2D eigenvalue weighted by atomic mass is 10.2. The van der Waals surface area contributed by atoms with E-state index in [1.165, 1.54) is 4.88 Å². The number of aromatic nitrogens is 2. The molecule has 4 rings (SSSR count). The lowest BCUT2D eigenvalue weighted by molar-refractivity contribution is -0.126. The van der Waals surface area contributed by atoms with Crippen molar-refractivity contribution in [1.82, 2.24) is 14.9 Å². The van der Waals surface area contributed by atoms with Crippen molar-refractivity contribution in [3.05, 3.63) is 45.7 Å². The van der Waals surface area contributed by atoms with Gasteiger partial charge in [-0.15, -0.1) is 11.3 Å². The molecule has 0 saturated carbocycles. The number of nitrogens with zero attached hydrogens (tertiary/aromatic N) is 4. The van der Waals surface area contributed by atoms with Crippen LogP contribution < -0.4 is 4.90 Å². The Balaban J connectivity index is 1.44. The minimum atomic E-state index is 0.0764. The van der Waals surface area contributed by atoms with E-state index in [-0.39, 0.29) is 5.91 Å². The molecule has 0 bridgehead atoms.